The van der Waals surface area contributed by atoms with E-state index in [-0.39, 0.29) is 6.04 Å². The van der Waals surface area contributed by atoms with E-state index in [0.29, 0.717) is 6.04 Å². The summed E-state index contributed by atoms with van der Waals surface area (Å²) >= 11 is 0. The van der Waals surface area contributed by atoms with Crippen LogP contribution in [0.4, 0.5) is 0 Å². The van der Waals surface area contributed by atoms with E-state index < -0.39 is 12.2 Å². The van der Waals surface area contributed by atoms with Crippen LogP contribution in [0.2, 0.25) is 0 Å². The summed E-state index contributed by atoms with van der Waals surface area (Å²) in [4.78, 5) is 0. The van der Waals surface area contributed by atoms with Gasteiger partial charge in [0, 0.05) is 12.1 Å². The molecule has 0 amide bonds. The van der Waals surface area contributed by atoms with Crippen LogP contribution in [0.5, 0.6) is 0 Å². The van der Waals surface area contributed by atoms with Crippen molar-refractivity contribution in [1.82, 2.24) is 5.32 Å². The molecule has 0 spiro atoms. The van der Waals surface area contributed by atoms with Gasteiger partial charge in [0.2, 0.25) is 0 Å². The Labute approximate surface area is 73.8 Å². The molecule has 0 aliphatic heterocycles. The van der Waals surface area contributed by atoms with Crippen molar-refractivity contribution >= 4 is 0 Å². The van der Waals surface area contributed by atoms with E-state index in [4.69, 9.17) is 0 Å². The number of nitrogens with one attached hydrogen (secondary N) is 1. The van der Waals surface area contributed by atoms with E-state index in [1.165, 1.54) is 0 Å². The monoisotopic (exact) mass is 173 g/mol. The topological polar surface area (TPSA) is 52.5 Å². The van der Waals surface area contributed by atoms with Crippen LogP contribution in [0.1, 0.15) is 33.1 Å². The van der Waals surface area contributed by atoms with Gasteiger partial charge in [0.25, 0.3) is 0 Å². The molecule has 1 rings (SSSR count). The molecule has 0 radical (unpaired) electrons. The summed E-state index contributed by atoms with van der Waals surface area (Å²) in [6.45, 7) is 4.10. The van der Waals surface area contributed by atoms with Gasteiger partial charge in [-0.2, -0.15) is 0 Å². The summed E-state index contributed by atoms with van der Waals surface area (Å²) in [5, 5.41) is 22.2. The van der Waals surface area contributed by atoms with Gasteiger partial charge in [0.15, 0.2) is 0 Å². The maximum Gasteiger partial charge on any atom is 0.0951 e. The van der Waals surface area contributed by atoms with E-state index in [0.717, 1.165) is 19.3 Å². The first-order valence-corrected chi connectivity index (χ1v) is 4.73. The second kappa shape index (κ2) is 4.21. The molecule has 0 unspecified atom stereocenters. The largest absolute Gasteiger partial charge is 0.390 e. The summed E-state index contributed by atoms with van der Waals surface area (Å²) in [7, 11) is 0. The number of rotatable bonds is 2. The number of aliphatic hydroxyl groups excluding tert-OH is 2. The molecule has 0 aromatic heterocycles. The second-order valence-corrected chi connectivity index (χ2v) is 3.92. The van der Waals surface area contributed by atoms with Crippen LogP contribution in [-0.4, -0.2) is 34.5 Å². The van der Waals surface area contributed by atoms with Gasteiger partial charge in [-0.3, -0.25) is 0 Å². The molecule has 12 heavy (non-hydrogen) atoms. The van der Waals surface area contributed by atoms with E-state index in [2.05, 4.69) is 5.32 Å². The second-order valence-electron chi connectivity index (χ2n) is 3.92. The molecular formula is C9H19NO2. The zero-order valence-corrected chi connectivity index (χ0v) is 7.83. The van der Waals surface area contributed by atoms with Crippen LogP contribution in [0.3, 0.4) is 0 Å². The van der Waals surface area contributed by atoms with Gasteiger partial charge in [0.05, 0.1) is 12.2 Å². The first kappa shape index (κ1) is 9.96. The van der Waals surface area contributed by atoms with Crippen LogP contribution in [0.25, 0.3) is 0 Å². The van der Waals surface area contributed by atoms with Crippen LogP contribution in [0, 0.1) is 0 Å². The number of hydrogen-bond donors (Lipinski definition) is 3. The minimum absolute atomic E-state index is 0.0775. The van der Waals surface area contributed by atoms with Crippen LogP contribution in [0.15, 0.2) is 0 Å². The zero-order chi connectivity index (χ0) is 9.14. The summed E-state index contributed by atoms with van der Waals surface area (Å²) < 4.78 is 0. The third-order valence-corrected chi connectivity index (χ3v) is 2.37. The highest BCUT2D eigenvalue weighted by molar-refractivity contribution is 4.87. The fourth-order valence-electron chi connectivity index (χ4n) is 1.77. The molecule has 0 bridgehead atoms. The van der Waals surface area contributed by atoms with Crippen molar-refractivity contribution < 1.29 is 10.2 Å². The van der Waals surface area contributed by atoms with Crippen LogP contribution >= 0.6 is 0 Å². The average Bonchev–Trinajstić information content (AvgIpc) is 1.98. The maximum atomic E-state index is 9.57. The van der Waals surface area contributed by atoms with Crippen LogP contribution in [-0.2, 0) is 0 Å². The quantitative estimate of drug-likeness (QED) is 0.561. The fraction of sp³-hybridized carbons (Fsp3) is 1.00. The zero-order valence-electron chi connectivity index (χ0n) is 7.83. The molecule has 3 heteroatoms. The molecule has 3 nitrogen and oxygen atoms in total. The Hall–Kier alpha value is -0.120. The van der Waals surface area contributed by atoms with Gasteiger partial charge < -0.3 is 15.5 Å². The lowest BCUT2D eigenvalue weighted by Crippen LogP contribution is -2.51. The molecule has 3 N–H and O–H groups in total. The summed E-state index contributed by atoms with van der Waals surface area (Å²) in [5.41, 5.74) is 0. The molecule has 0 saturated heterocycles. The van der Waals surface area contributed by atoms with Crippen molar-refractivity contribution in [2.24, 2.45) is 0 Å². The first-order chi connectivity index (χ1) is 5.61. The average molecular weight is 173 g/mol. The maximum absolute atomic E-state index is 9.57. The van der Waals surface area contributed by atoms with Gasteiger partial charge in [-0.25, -0.2) is 0 Å². The first-order valence-electron chi connectivity index (χ1n) is 4.73. The van der Waals surface area contributed by atoms with Crippen molar-refractivity contribution in [3.05, 3.63) is 0 Å². The highest BCUT2D eigenvalue weighted by atomic mass is 16.3. The normalized spacial score (nSPS) is 37.2. The van der Waals surface area contributed by atoms with Crippen molar-refractivity contribution in [2.45, 2.75) is 57.4 Å². The molecule has 0 aromatic carbocycles. The Morgan fingerprint density at radius 1 is 1.25 bits per heavy atom. The molecule has 1 fully saturated rings. The highest BCUT2D eigenvalue weighted by Crippen LogP contribution is 2.19. The Bertz CT molecular complexity index is 138. The summed E-state index contributed by atoms with van der Waals surface area (Å²) in [6.07, 6.45) is 1.59. The van der Waals surface area contributed by atoms with Gasteiger partial charge >= 0.3 is 0 Å². The predicted octanol–water partition coefficient (Wildman–Crippen LogP) is 0.259. The summed E-state index contributed by atoms with van der Waals surface area (Å²) in [6, 6.07) is 0.448. The van der Waals surface area contributed by atoms with Gasteiger partial charge in [-0.1, -0.05) is 13.8 Å². The molecule has 1 aliphatic rings. The minimum Gasteiger partial charge on any atom is -0.390 e. The molecule has 0 heterocycles. The molecule has 1 saturated carbocycles. The number of hydrogen-bond acceptors (Lipinski definition) is 3. The Morgan fingerprint density at radius 2 is 1.92 bits per heavy atom. The Kier molecular flexibility index (Phi) is 3.50. The number of aliphatic hydroxyl groups is 2. The molecule has 1 aliphatic carbocycles. The van der Waals surface area contributed by atoms with Crippen molar-refractivity contribution in [1.29, 1.82) is 0 Å². The van der Waals surface area contributed by atoms with E-state index in [9.17, 15) is 10.2 Å². The third-order valence-electron chi connectivity index (χ3n) is 2.37. The lowest BCUT2D eigenvalue weighted by atomic mass is 9.90. The SMILES string of the molecule is CC(C)N[C@@H]1CCC[C@@H](O)[C@H]1O. The summed E-state index contributed by atoms with van der Waals surface area (Å²) in [5.74, 6) is 0. The third kappa shape index (κ3) is 2.44. The van der Waals surface area contributed by atoms with Gasteiger partial charge in [-0.05, 0) is 19.3 Å². The lowest BCUT2D eigenvalue weighted by Gasteiger charge is -2.33. The molecule has 72 valence electrons. The van der Waals surface area contributed by atoms with Gasteiger partial charge in [-0.15, -0.1) is 0 Å². The Morgan fingerprint density at radius 3 is 2.50 bits per heavy atom. The van der Waals surface area contributed by atoms with Crippen molar-refractivity contribution in [3.8, 4) is 0 Å². The van der Waals surface area contributed by atoms with Crippen molar-refractivity contribution in [2.75, 3.05) is 0 Å². The van der Waals surface area contributed by atoms with Crippen LogP contribution < -0.4 is 5.32 Å². The fourth-order valence-corrected chi connectivity index (χ4v) is 1.77. The smallest absolute Gasteiger partial charge is 0.0951 e. The van der Waals surface area contributed by atoms with E-state index in [1.54, 1.807) is 0 Å². The lowest BCUT2D eigenvalue weighted by molar-refractivity contribution is -0.0309. The van der Waals surface area contributed by atoms with E-state index >= 15 is 0 Å². The van der Waals surface area contributed by atoms with E-state index in [1.807, 2.05) is 13.8 Å². The standard InChI is InChI=1S/C9H19NO2/c1-6(2)10-7-4-3-5-8(11)9(7)12/h6-12H,3-5H2,1-2H3/t7-,8-,9+/m1/s1. The molecular weight excluding hydrogens is 154 g/mol. The predicted molar refractivity (Wildman–Crippen MR) is 47.9 cm³/mol. The minimum atomic E-state index is -0.582. The highest BCUT2D eigenvalue weighted by Gasteiger charge is 2.30. The molecule has 3 atom stereocenters. The van der Waals surface area contributed by atoms with Gasteiger partial charge in [0.1, 0.15) is 0 Å². The molecule has 0 aromatic rings. The Balaban J connectivity index is 2.41. The van der Waals surface area contributed by atoms with Crippen molar-refractivity contribution in [3.63, 3.8) is 0 Å².